The van der Waals surface area contributed by atoms with Crippen molar-refractivity contribution in [3.8, 4) is 16.9 Å². The smallest absolute Gasteiger partial charge is 0.255 e. The van der Waals surface area contributed by atoms with E-state index in [9.17, 15) is 4.79 Å². The minimum atomic E-state index is -0.0959. The maximum Gasteiger partial charge on any atom is 0.255 e. The van der Waals surface area contributed by atoms with Crippen LogP contribution >= 0.6 is 0 Å². The van der Waals surface area contributed by atoms with E-state index in [1.54, 1.807) is 7.11 Å². The predicted octanol–water partition coefficient (Wildman–Crippen LogP) is 3.50. The van der Waals surface area contributed by atoms with Gasteiger partial charge in [-0.15, -0.1) is 0 Å². The van der Waals surface area contributed by atoms with Gasteiger partial charge in [-0.3, -0.25) is 4.79 Å². The van der Waals surface area contributed by atoms with Gasteiger partial charge in [-0.25, -0.2) is 0 Å². The summed E-state index contributed by atoms with van der Waals surface area (Å²) >= 11 is 0. The average Bonchev–Trinajstić information content (AvgIpc) is 2.52. The van der Waals surface area contributed by atoms with E-state index >= 15 is 0 Å². The molecule has 1 N–H and O–H groups in total. The highest BCUT2D eigenvalue weighted by Crippen LogP contribution is 2.26. The fourth-order valence-electron chi connectivity index (χ4n) is 2.03. The summed E-state index contributed by atoms with van der Waals surface area (Å²) < 4.78 is 5.28. The lowest BCUT2D eigenvalue weighted by Crippen LogP contribution is -2.24. The Labute approximate surface area is 119 Å². The Balaban J connectivity index is 2.36. The first-order valence-electron chi connectivity index (χ1n) is 6.78. The zero-order valence-corrected chi connectivity index (χ0v) is 11.8. The second-order valence-corrected chi connectivity index (χ2v) is 4.54. The van der Waals surface area contributed by atoms with Gasteiger partial charge in [-0.1, -0.05) is 43.3 Å². The van der Waals surface area contributed by atoms with E-state index in [1.165, 1.54) is 0 Å². The summed E-state index contributed by atoms with van der Waals surface area (Å²) in [7, 11) is 1.58. The number of nitrogens with one attached hydrogen (secondary N) is 1. The summed E-state index contributed by atoms with van der Waals surface area (Å²) in [5.41, 5.74) is 2.66. The zero-order chi connectivity index (χ0) is 14.4. The van der Waals surface area contributed by atoms with Gasteiger partial charge in [0.15, 0.2) is 0 Å². The van der Waals surface area contributed by atoms with E-state index in [1.807, 2.05) is 55.5 Å². The molecule has 0 bridgehead atoms. The normalized spacial score (nSPS) is 10.1. The first kappa shape index (κ1) is 14.1. The van der Waals surface area contributed by atoms with E-state index in [0.717, 1.165) is 17.5 Å². The molecule has 0 heterocycles. The summed E-state index contributed by atoms with van der Waals surface area (Å²) in [5, 5.41) is 2.88. The molecular weight excluding hydrogens is 250 g/mol. The highest BCUT2D eigenvalue weighted by atomic mass is 16.5. The van der Waals surface area contributed by atoms with Gasteiger partial charge in [0.1, 0.15) is 5.75 Å². The molecule has 104 valence electrons. The summed E-state index contributed by atoms with van der Waals surface area (Å²) in [5.74, 6) is 0.500. The largest absolute Gasteiger partial charge is 0.496 e. The summed E-state index contributed by atoms with van der Waals surface area (Å²) in [6.07, 6.45) is 0.909. The lowest BCUT2D eigenvalue weighted by Gasteiger charge is -2.11. The van der Waals surface area contributed by atoms with Crippen LogP contribution in [0.4, 0.5) is 0 Å². The van der Waals surface area contributed by atoms with E-state index < -0.39 is 0 Å². The van der Waals surface area contributed by atoms with E-state index in [2.05, 4.69) is 5.32 Å². The van der Waals surface area contributed by atoms with Gasteiger partial charge in [0.2, 0.25) is 0 Å². The molecule has 20 heavy (non-hydrogen) atoms. The molecule has 0 aliphatic carbocycles. The van der Waals surface area contributed by atoms with Crippen molar-refractivity contribution in [1.82, 2.24) is 5.32 Å². The van der Waals surface area contributed by atoms with Gasteiger partial charge < -0.3 is 10.1 Å². The molecule has 0 atom stereocenters. The monoisotopic (exact) mass is 269 g/mol. The maximum atomic E-state index is 12.2. The van der Waals surface area contributed by atoms with Crippen LogP contribution in [0.2, 0.25) is 0 Å². The van der Waals surface area contributed by atoms with Gasteiger partial charge in [0.05, 0.1) is 12.7 Å². The summed E-state index contributed by atoms with van der Waals surface area (Å²) in [4.78, 5) is 12.2. The highest BCUT2D eigenvalue weighted by molar-refractivity contribution is 5.98. The molecule has 0 saturated heterocycles. The molecule has 2 rings (SSSR count). The Kier molecular flexibility index (Phi) is 4.77. The van der Waals surface area contributed by atoms with Crippen molar-refractivity contribution >= 4 is 5.91 Å². The number of ether oxygens (including phenoxy) is 1. The molecule has 2 aromatic carbocycles. The van der Waals surface area contributed by atoms with Crippen LogP contribution in [0.3, 0.4) is 0 Å². The molecule has 3 nitrogen and oxygen atoms in total. The number of hydrogen-bond donors (Lipinski definition) is 1. The Hall–Kier alpha value is -2.29. The third-order valence-corrected chi connectivity index (χ3v) is 3.09. The number of carbonyl (C=O) groups excluding carboxylic acids is 1. The van der Waals surface area contributed by atoms with Crippen LogP contribution in [0, 0.1) is 0 Å². The van der Waals surface area contributed by atoms with E-state index in [0.29, 0.717) is 17.9 Å². The van der Waals surface area contributed by atoms with Crippen LogP contribution < -0.4 is 10.1 Å². The van der Waals surface area contributed by atoms with E-state index in [4.69, 9.17) is 4.74 Å². The minimum absolute atomic E-state index is 0.0959. The third kappa shape index (κ3) is 3.18. The Morgan fingerprint density at radius 3 is 2.50 bits per heavy atom. The number of carbonyl (C=O) groups is 1. The SMILES string of the molecule is CCCNC(=O)c1cc(-c2ccccc2)ccc1OC. The van der Waals surface area contributed by atoms with Gasteiger partial charge in [-0.2, -0.15) is 0 Å². The van der Waals surface area contributed by atoms with Gasteiger partial charge in [-0.05, 0) is 29.7 Å². The molecular formula is C17H19NO2. The van der Waals surface area contributed by atoms with Crippen LogP contribution in [-0.4, -0.2) is 19.6 Å². The van der Waals surface area contributed by atoms with Crippen molar-refractivity contribution in [3.63, 3.8) is 0 Å². The number of methoxy groups -OCH3 is 1. The summed E-state index contributed by atoms with van der Waals surface area (Å²) in [6.45, 7) is 2.69. The van der Waals surface area contributed by atoms with Crippen molar-refractivity contribution in [2.45, 2.75) is 13.3 Å². The van der Waals surface area contributed by atoms with Crippen LogP contribution in [0.1, 0.15) is 23.7 Å². The number of amides is 1. The second-order valence-electron chi connectivity index (χ2n) is 4.54. The predicted molar refractivity (Wildman–Crippen MR) is 81.1 cm³/mol. The molecule has 0 spiro atoms. The third-order valence-electron chi connectivity index (χ3n) is 3.09. The topological polar surface area (TPSA) is 38.3 Å². The Morgan fingerprint density at radius 2 is 1.85 bits per heavy atom. The van der Waals surface area contributed by atoms with Crippen molar-refractivity contribution in [3.05, 3.63) is 54.1 Å². The first-order valence-corrected chi connectivity index (χ1v) is 6.78. The maximum absolute atomic E-state index is 12.2. The average molecular weight is 269 g/mol. The fraction of sp³-hybridized carbons (Fsp3) is 0.235. The fourth-order valence-corrected chi connectivity index (χ4v) is 2.03. The lowest BCUT2D eigenvalue weighted by atomic mass is 10.0. The molecule has 2 aromatic rings. The van der Waals surface area contributed by atoms with Crippen LogP contribution in [0.25, 0.3) is 11.1 Å². The van der Waals surface area contributed by atoms with Crippen molar-refractivity contribution in [1.29, 1.82) is 0 Å². The molecule has 1 amide bonds. The molecule has 0 saturated carbocycles. The van der Waals surface area contributed by atoms with Crippen LogP contribution in [-0.2, 0) is 0 Å². The van der Waals surface area contributed by atoms with Gasteiger partial charge >= 0.3 is 0 Å². The minimum Gasteiger partial charge on any atom is -0.496 e. The standard InChI is InChI=1S/C17H19NO2/c1-3-11-18-17(19)15-12-14(9-10-16(15)20-2)13-7-5-4-6-8-13/h4-10,12H,3,11H2,1-2H3,(H,18,19). The molecule has 0 aliphatic heterocycles. The number of rotatable bonds is 5. The highest BCUT2D eigenvalue weighted by Gasteiger charge is 2.13. The number of hydrogen-bond acceptors (Lipinski definition) is 2. The van der Waals surface area contributed by atoms with Crippen LogP contribution in [0.15, 0.2) is 48.5 Å². The van der Waals surface area contributed by atoms with Crippen molar-refractivity contribution < 1.29 is 9.53 Å². The molecule has 3 heteroatoms. The quantitative estimate of drug-likeness (QED) is 0.902. The summed E-state index contributed by atoms with van der Waals surface area (Å²) in [6, 6.07) is 15.7. The Morgan fingerprint density at radius 1 is 1.10 bits per heavy atom. The number of benzene rings is 2. The van der Waals surface area contributed by atoms with Gasteiger partial charge in [0, 0.05) is 6.54 Å². The molecule has 0 radical (unpaired) electrons. The lowest BCUT2D eigenvalue weighted by molar-refractivity contribution is 0.0950. The molecule has 0 fully saturated rings. The zero-order valence-electron chi connectivity index (χ0n) is 11.8. The molecule has 0 unspecified atom stereocenters. The van der Waals surface area contributed by atoms with E-state index in [-0.39, 0.29) is 5.91 Å². The van der Waals surface area contributed by atoms with Crippen molar-refractivity contribution in [2.75, 3.05) is 13.7 Å². The first-order chi connectivity index (χ1) is 9.76. The Bertz CT molecular complexity index is 579. The second kappa shape index (κ2) is 6.75. The van der Waals surface area contributed by atoms with Gasteiger partial charge in [0.25, 0.3) is 5.91 Å². The van der Waals surface area contributed by atoms with Crippen molar-refractivity contribution in [2.24, 2.45) is 0 Å². The van der Waals surface area contributed by atoms with Crippen LogP contribution in [0.5, 0.6) is 5.75 Å². The molecule has 0 aliphatic rings. The molecule has 0 aromatic heterocycles.